The Morgan fingerprint density at radius 3 is 2.23 bits per heavy atom. The van der Waals surface area contributed by atoms with Crippen molar-refractivity contribution in [1.29, 1.82) is 10.8 Å². The lowest BCUT2D eigenvalue weighted by molar-refractivity contribution is -0.135. The number of nitrogens with one attached hydrogen (secondary N) is 4. The van der Waals surface area contributed by atoms with Crippen LogP contribution in [-0.4, -0.2) is 53.8 Å². The number of carbonyl (C=O) groups is 1. The molecule has 0 atom stereocenters. The number of methoxy groups -OCH3 is 1. The lowest BCUT2D eigenvalue weighted by Gasteiger charge is -2.25. The molecule has 0 radical (unpaired) electrons. The van der Waals surface area contributed by atoms with E-state index in [4.69, 9.17) is 27.2 Å². The Morgan fingerprint density at radius 1 is 1.05 bits per heavy atom. The summed E-state index contributed by atoms with van der Waals surface area (Å²) < 4.78 is 44.3. The van der Waals surface area contributed by atoms with Crippen LogP contribution < -0.4 is 15.4 Å². The minimum absolute atomic E-state index is 0.0525. The van der Waals surface area contributed by atoms with Crippen LogP contribution in [0, 0.1) is 17.7 Å². The maximum Gasteiger partial charge on any atom is 0.390 e. The lowest BCUT2D eigenvalue weighted by atomic mass is 10.1. The third kappa shape index (κ3) is 12.2. The van der Waals surface area contributed by atoms with E-state index in [1.807, 2.05) is 32.9 Å². The van der Waals surface area contributed by atoms with E-state index in [-0.39, 0.29) is 29.5 Å². The fourth-order valence-electron chi connectivity index (χ4n) is 3.62. The summed E-state index contributed by atoms with van der Waals surface area (Å²) in [5.41, 5.74) is 2.69. The van der Waals surface area contributed by atoms with E-state index in [1.165, 1.54) is 19.7 Å². The first-order valence-corrected chi connectivity index (χ1v) is 14.6. The fourth-order valence-corrected chi connectivity index (χ4v) is 3.82. The second-order valence-electron chi connectivity index (χ2n) is 9.26. The van der Waals surface area contributed by atoms with Crippen molar-refractivity contribution in [2.75, 3.05) is 25.5 Å². The number of amides is 2. The number of pyridine rings is 1. The van der Waals surface area contributed by atoms with Crippen molar-refractivity contribution in [2.24, 2.45) is 0 Å². The maximum atomic E-state index is 13.0. The molecule has 240 valence electrons. The van der Waals surface area contributed by atoms with Gasteiger partial charge in [0.1, 0.15) is 11.5 Å². The van der Waals surface area contributed by atoms with E-state index in [0.717, 1.165) is 16.0 Å². The van der Waals surface area contributed by atoms with Gasteiger partial charge in [-0.1, -0.05) is 93.7 Å². The average molecular weight is 635 g/mol. The molecule has 0 aliphatic heterocycles. The number of urea groups is 1. The van der Waals surface area contributed by atoms with Crippen molar-refractivity contribution in [2.45, 2.75) is 60.2 Å². The summed E-state index contributed by atoms with van der Waals surface area (Å²) in [7, 11) is 1.42. The largest absolute Gasteiger partial charge is 0.480 e. The smallest absolute Gasteiger partial charge is 0.390 e. The number of aromatic nitrogens is 1. The summed E-state index contributed by atoms with van der Waals surface area (Å²) in [6.07, 6.45) is -3.12. The Hall–Kier alpha value is -4.12. The molecular weight excluding hydrogens is 593 g/mol. The molecule has 1 aromatic heterocycles. The quantitative estimate of drug-likeness (QED) is 0.132. The Kier molecular flexibility index (Phi) is 16.6. The lowest BCUT2D eigenvalue weighted by Crippen LogP contribution is -2.46. The van der Waals surface area contributed by atoms with E-state index < -0.39 is 25.2 Å². The molecule has 1 heterocycles. The molecule has 3 aromatic rings. The molecule has 0 aliphatic carbocycles. The molecule has 3 rings (SSSR count). The van der Waals surface area contributed by atoms with Crippen LogP contribution in [0.15, 0.2) is 60.8 Å². The van der Waals surface area contributed by atoms with Crippen LogP contribution in [0.5, 0.6) is 5.88 Å². The summed E-state index contributed by atoms with van der Waals surface area (Å²) >= 11 is 6.24. The highest BCUT2D eigenvalue weighted by Crippen LogP contribution is 2.28. The zero-order valence-electron chi connectivity index (χ0n) is 26.0. The number of alkyl halides is 3. The normalized spacial score (nSPS) is 10.3. The van der Waals surface area contributed by atoms with Gasteiger partial charge in [0.15, 0.2) is 0 Å². The third-order valence-corrected chi connectivity index (χ3v) is 6.09. The highest BCUT2D eigenvalue weighted by atomic mass is 35.5. The number of aryl methyl sites for hydroxylation is 1. The SMILES string of the molecule is CC.CCC.COc1nccc(C(=N)CNC(=O)N(CCC(F)(F)F)C(=N)c2ccc(C)cc2)c1NCc1ccccc1Cl. The van der Waals surface area contributed by atoms with E-state index in [1.54, 1.807) is 42.5 Å². The van der Waals surface area contributed by atoms with Gasteiger partial charge >= 0.3 is 12.2 Å². The second kappa shape index (κ2) is 19.2. The summed E-state index contributed by atoms with van der Waals surface area (Å²) in [4.78, 5) is 17.9. The molecular formula is C32H42ClF3N6O2. The first kappa shape index (κ1) is 37.9. The van der Waals surface area contributed by atoms with Crippen LogP contribution in [0.25, 0.3) is 0 Å². The molecule has 8 nitrogen and oxygen atoms in total. The highest BCUT2D eigenvalue weighted by Gasteiger charge is 2.31. The Balaban J connectivity index is 0.00000182. The molecule has 2 amide bonds. The Morgan fingerprint density at radius 2 is 1.66 bits per heavy atom. The molecule has 0 unspecified atom stereocenters. The second-order valence-corrected chi connectivity index (χ2v) is 9.67. The highest BCUT2D eigenvalue weighted by molar-refractivity contribution is 6.31. The predicted molar refractivity (Wildman–Crippen MR) is 172 cm³/mol. The van der Waals surface area contributed by atoms with Gasteiger partial charge in [-0.3, -0.25) is 10.3 Å². The first-order valence-electron chi connectivity index (χ1n) is 14.3. The van der Waals surface area contributed by atoms with Crippen LogP contribution in [0.1, 0.15) is 62.8 Å². The number of nitrogens with zero attached hydrogens (tertiary/aromatic N) is 2. The molecule has 4 N–H and O–H groups in total. The zero-order valence-corrected chi connectivity index (χ0v) is 26.8. The summed E-state index contributed by atoms with van der Waals surface area (Å²) in [5.74, 6) is -0.167. The number of hydrogen-bond donors (Lipinski definition) is 4. The molecule has 12 heteroatoms. The van der Waals surface area contributed by atoms with Crippen LogP contribution in [0.2, 0.25) is 5.02 Å². The molecule has 0 saturated heterocycles. The van der Waals surface area contributed by atoms with Crippen molar-refractivity contribution < 1.29 is 22.7 Å². The van der Waals surface area contributed by atoms with Gasteiger partial charge < -0.3 is 20.8 Å². The number of rotatable bonds is 10. The molecule has 0 spiro atoms. The van der Waals surface area contributed by atoms with Crippen LogP contribution in [0.3, 0.4) is 0 Å². The summed E-state index contributed by atoms with van der Waals surface area (Å²) in [6.45, 7) is 9.31. The fraction of sp³-hybridized carbons (Fsp3) is 0.375. The number of halogens is 4. The predicted octanol–water partition coefficient (Wildman–Crippen LogP) is 8.46. The zero-order chi connectivity index (χ0) is 33.3. The van der Waals surface area contributed by atoms with Gasteiger partial charge in [-0.15, -0.1) is 0 Å². The van der Waals surface area contributed by atoms with Gasteiger partial charge in [-0.25, -0.2) is 9.78 Å². The van der Waals surface area contributed by atoms with Crippen molar-refractivity contribution >= 4 is 34.9 Å². The summed E-state index contributed by atoms with van der Waals surface area (Å²) in [6, 6.07) is 14.4. The van der Waals surface area contributed by atoms with Gasteiger partial charge in [0, 0.05) is 35.4 Å². The number of anilines is 1. The van der Waals surface area contributed by atoms with E-state index in [2.05, 4.69) is 29.5 Å². The van der Waals surface area contributed by atoms with Crippen molar-refractivity contribution in [3.05, 3.63) is 88.1 Å². The minimum Gasteiger partial charge on any atom is -0.480 e. The number of hydrogen-bond acceptors (Lipinski definition) is 6. The molecule has 0 bridgehead atoms. The average Bonchev–Trinajstić information content (AvgIpc) is 3.00. The topological polar surface area (TPSA) is 114 Å². The summed E-state index contributed by atoms with van der Waals surface area (Å²) in [5, 5.41) is 23.2. The molecule has 0 saturated carbocycles. The molecule has 44 heavy (non-hydrogen) atoms. The van der Waals surface area contributed by atoms with Gasteiger partial charge in [0.2, 0.25) is 5.88 Å². The Labute approximate surface area is 263 Å². The molecule has 2 aromatic carbocycles. The number of ether oxygens (including phenoxy) is 1. The Bertz CT molecular complexity index is 1350. The van der Waals surface area contributed by atoms with Gasteiger partial charge in [0.25, 0.3) is 0 Å². The van der Waals surface area contributed by atoms with Crippen molar-refractivity contribution in [3.8, 4) is 5.88 Å². The van der Waals surface area contributed by atoms with E-state index in [0.29, 0.717) is 22.8 Å². The third-order valence-electron chi connectivity index (χ3n) is 5.72. The maximum absolute atomic E-state index is 13.0. The number of carbonyl (C=O) groups excluding carboxylic acids is 1. The first-order chi connectivity index (χ1) is 20.9. The number of amidine groups is 1. The van der Waals surface area contributed by atoms with Crippen LogP contribution in [-0.2, 0) is 6.54 Å². The molecule has 0 fully saturated rings. The molecule has 0 aliphatic rings. The van der Waals surface area contributed by atoms with Crippen molar-refractivity contribution in [3.63, 3.8) is 0 Å². The monoisotopic (exact) mass is 634 g/mol. The van der Waals surface area contributed by atoms with Crippen LogP contribution in [0.4, 0.5) is 23.7 Å². The standard InChI is InChI=1S/C27H28ClF3N6O2.C3H8.C2H6/c1-17-7-9-18(10-8-17)24(33)37(14-12-27(29,30)31)26(38)36-16-22(32)20-11-13-34-25(39-2)23(20)35-15-19-5-3-4-6-21(19)28;1-3-2;1-2/h3-11,13,32-33,35H,12,14-16H2,1-2H3,(H,36,38);3H2,1-2H3;1-2H3. The van der Waals surface area contributed by atoms with E-state index >= 15 is 0 Å². The van der Waals surface area contributed by atoms with Gasteiger partial charge in [-0.2, -0.15) is 13.2 Å². The van der Waals surface area contributed by atoms with Crippen molar-refractivity contribution in [1.82, 2.24) is 15.2 Å². The van der Waals surface area contributed by atoms with Crippen LogP contribution >= 0.6 is 11.6 Å². The number of benzene rings is 2. The van der Waals surface area contributed by atoms with Gasteiger partial charge in [-0.05, 0) is 24.6 Å². The minimum atomic E-state index is -4.52. The van der Waals surface area contributed by atoms with Gasteiger partial charge in [0.05, 0.1) is 25.8 Å². The van der Waals surface area contributed by atoms with E-state index in [9.17, 15) is 18.0 Å².